The second-order valence-corrected chi connectivity index (χ2v) is 3.81. The minimum absolute atomic E-state index is 0.116. The van der Waals surface area contributed by atoms with Gasteiger partial charge in [0.1, 0.15) is 5.82 Å². The molecule has 0 saturated heterocycles. The SMILES string of the molecule is COC(CCC(=O)NO)c1ccc(C)c(F)c1. The molecule has 0 fully saturated rings. The van der Waals surface area contributed by atoms with E-state index < -0.39 is 5.91 Å². The molecule has 17 heavy (non-hydrogen) atoms. The monoisotopic (exact) mass is 241 g/mol. The highest BCUT2D eigenvalue weighted by molar-refractivity contribution is 5.74. The molecular weight excluding hydrogens is 225 g/mol. The van der Waals surface area contributed by atoms with E-state index in [9.17, 15) is 9.18 Å². The van der Waals surface area contributed by atoms with Crippen molar-refractivity contribution in [3.63, 3.8) is 0 Å². The maximum atomic E-state index is 13.4. The number of amides is 1. The number of nitrogens with one attached hydrogen (secondary N) is 1. The quantitative estimate of drug-likeness (QED) is 0.613. The predicted octanol–water partition coefficient (Wildman–Crippen LogP) is 2.11. The lowest BCUT2D eigenvalue weighted by molar-refractivity contribution is -0.129. The Hall–Kier alpha value is -1.46. The number of hydroxylamine groups is 1. The van der Waals surface area contributed by atoms with Crippen molar-refractivity contribution < 1.29 is 19.1 Å². The zero-order chi connectivity index (χ0) is 12.8. The summed E-state index contributed by atoms with van der Waals surface area (Å²) in [5.41, 5.74) is 2.80. The fourth-order valence-electron chi connectivity index (χ4n) is 1.55. The molecule has 0 heterocycles. The van der Waals surface area contributed by atoms with Crippen molar-refractivity contribution in [3.05, 3.63) is 35.1 Å². The van der Waals surface area contributed by atoms with Crippen molar-refractivity contribution >= 4 is 5.91 Å². The predicted molar refractivity (Wildman–Crippen MR) is 60.1 cm³/mol. The van der Waals surface area contributed by atoms with Gasteiger partial charge in [-0.1, -0.05) is 12.1 Å². The Morgan fingerprint density at radius 1 is 1.59 bits per heavy atom. The highest BCUT2D eigenvalue weighted by Crippen LogP contribution is 2.23. The maximum Gasteiger partial charge on any atom is 0.243 e. The fourth-order valence-corrected chi connectivity index (χ4v) is 1.55. The van der Waals surface area contributed by atoms with Gasteiger partial charge in [-0.15, -0.1) is 0 Å². The zero-order valence-corrected chi connectivity index (χ0v) is 9.87. The van der Waals surface area contributed by atoms with Gasteiger partial charge in [-0.25, -0.2) is 9.87 Å². The molecule has 1 atom stereocenters. The normalized spacial score (nSPS) is 12.2. The number of ether oxygens (including phenoxy) is 1. The van der Waals surface area contributed by atoms with Gasteiger partial charge in [0.2, 0.25) is 5.91 Å². The first-order valence-corrected chi connectivity index (χ1v) is 5.30. The first kappa shape index (κ1) is 13.6. The van der Waals surface area contributed by atoms with E-state index in [4.69, 9.17) is 9.94 Å². The van der Waals surface area contributed by atoms with Crippen molar-refractivity contribution in [2.75, 3.05) is 7.11 Å². The Labute approximate surface area is 99.4 Å². The van der Waals surface area contributed by atoms with Crippen LogP contribution in [-0.2, 0) is 9.53 Å². The number of benzene rings is 1. The van der Waals surface area contributed by atoms with Gasteiger partial charge in [0.15, 0.2) is 0 Å². The van der Waals surface area contributed by atoms with E-state index in [1.54, 1.807) is 24.5 Å². The van der Waals surface area contributed by atoms with E-state index in [1.807, 2.05) is 0 Å². The summed E-state index contributed by atoms with van der Waals surface area (Å²) in [6.07, 6.45) is 0.137. The van der Waals surface area contributed by atoms with Crippen LogP contribution >= 0.6 is 0 Å². The van der Waals surface area contributed by atoms with Crippen molar-refractivity contribution in [1.29, 1.82) is 0 Å². The molecule has 1 aromatic rings. The second-order valence-electron chi connectivity index (χ2n) is 3.81. The van der Waals surface area contributed by atoms with Crippen LogP contribution in [0, 0.1) is 12.7 Å². The lowest BCUT2D eigenvalue weighted by Crippen LogP contribution is -2.19. The molecule has 0 aliphatic carbocycles. The Kier molecular flexibility index (Phi) is 5.06. The third-order valence-corrected chi connectivity index (χ3v) is 2.61. The van der Waals surface area contributed by atoms with E-state index in [0.29, 0.717) is 17.5 Å². The minimum Gasteiger partial charge on any atom is -0.377 e. The minimum atomic E-state index is -0.486. The van der Waals surface area contributed by atoms with Gasteiger partial charge in [-0.2, -0.15) is 0 Å². The van der Waals surface area contributed by atoms with E-state index in [1.165, 1.54) is 13.2 Å². The Morgan fingerprint density at radius 2 is 2.29 bits per heavy atom. The smallest absolute Gasteiger partial charge is 0.243 e. The molecule has 2 N–H and O–H groups in total. The number of hydrogen-bond donors (Lipinski definition) is 2. The van der Waals surface area contributed by atoms with E-state index in [2.05, 4.69) is 0 Å². The summed E-state index contributed by atoms with van der Waals surface area (Å²) in [6.45, 7) is 1.68. The van der Waals surface area contributed by atoms with Crippen LogP contribution in [0.15, 0.2) is 18.2 Å². The van der Waals surface area contributed by atoms with E-state index in [0.717, 1.165) is 0 Å². The third-order valence-electron chi connectivity index (χ3n) is 2.61. The van der Waals surface area contributed by atoms with Crippen LogP contribution in [0.3, 0.4) is 0 Å². The molecule has 0 aliphatic heterocycles. The number of rotatable bonds is 5. The molecule has 0 bridgehead atoms. The third kappa shape index (κ3) is 3.80. The summed E-state index contributed by atoms with van der Waals surface area (Å²) in [5, 5.41) is 8.37. The summed E-state index contributed by atoms with van der Waals surface area (Å²) in [5.74, 6) is -0.782. The molecule has 4 nitrogen and oxygen atoms in total. The molecule has 0 aliphatic rings. The van der Waals surface area contributed by atoms with Crippen LogP contribution < -0.4 is 5.48 Å². The molecule has 94 valence electrons. The summed E-state index contributed by atoms with van der Waals surface area (Å²) in [4.78, 5) is 10.9. The fraction of sp³-hybridized carbons (Fsp3) is 0.417. The highest BCUT2D eigenvalue weighted by atomic mass is 19.1. The summed E-state index contributed by atoms with van der Waals surface area (Å²) < 4.78 is 18.6. The molecule has 0 saturated carbocycles. The topological polar surface area (TPSA) is 58.6 Å². The summed E-state index contributed by atoms with van der Waals surface area (Å²) in [7, 11) is 1.50. The standard InChI is InChI=1S/C12H16FNO3/c1-8-3-4-9(7-10(8)13)11(17-2)5-6-12(15)14-16/h3-4,7,11,16H,5-6H2,1-2H3,(H,14,15). The molecule has 0 radical (unpaired) electrons. The maximum absolute atomic E-state index is 13.4. The molecule has 0 spiro atoms. The number of hydrogen-bond acceptors (Lipinski definition) is 3. The Morgan fingerprint density at radius 3 is 2.82 bits per heavy atom. The lowest BCUT2D eigenvalue weighted by Gasteiger charge is -2.15. The Bertz CT molecular complexity index is 395. The van der Waals surface area contributed by atoms with Crippen LogP contribution in [0.2, 0.25) is 0 Å². The summed E-state index contributed by atoms with van der Waals surface area (Å²) in [6, 6.07) is 4.84. The van der Waals surface area contributed by atoms with Crippen LogP contribution in [0.4, 0.5) is 4.39 Å². The highest BCUT2D eigenvalue weighted by Gasteiger charge is 2.13. The van der Waals surface area contributed by atoms with Crippen molar-refractivity contribution in [3.8, 4) is 0 Å². The largest absolute Gasteiger partial charge is 0.377 e. The van der Waals surface area contributed by atoms with Crippen LogP contribution in [0.5, 0.6) is 0 Å². The van der Waals surface area contributed by atoms with Gasteiger partial charge in [0.05, 0.1) is 6.10 Å². The number of carbonyl (C=O) groups excluding carboxylic acids is 1. The molecule has 1 aromatic carbocycles. The van der Waals surface area contributed by atoms with Gasteiger partial charge in [0.25, 0.3) is 0 Å². The first-order chi connectivity index (χ1) is 8.08. The molecule has 1 rings (SSSR count). The zero-order valence-electron chi connectivity index (χ0n) is 9.87. The molecule has 0 aromatic heterocycles. The lowest BCUT2D eigenvalue weighted by atomic mass is 10.0. The Balaban J connectivity index is 2.72. The number of methoxy groups -OCH3 is 1. The van der Waals surface area contributed by atoms with Gasteiger partial charge >= 0.3 is 0 Å². The van der Waals surface area contributed by atoms with Crippen LogP contribution in [0.25, 0.3) is 0 Å². The number of halogens is 1. The average Bonchev–Trinajstić information content (AvgIpc) is 2.33. The first-order valence-electron chi connectivity index (χ1n) is 5.30. The second kappa shape index (κ2) is 6.32. The number of aryl methyl sites for hydroxylation is 1. The average molecular weight is 241 g/mol. The molecule has 1 amide bonds. The van der Waals surface area contributed by atoms with Crippen LogP contribution in [-0.4, -0.2) is 18.2 Å². The number of carbonyl (C=O) groups is 1. The summed E-state index contributed by atoms with van der Waals surface area (Å²) >= 11 is 0. The van der Waals surface area contributed by atoms with Gasteiger partial charge < -0.3 is 4.74 Å². The van der Waals surface area contributed by atoms with Crippen molar-refractivity contribution in [1.82, 2.24) is 5.48 Å². The molecule has 5 heteroatoms. The van der Waals surface area contributed by atoms with Gasteiger partial charge in [0, 0.05) is 13.5 Å². The molecule has 1 unspecified atom stereocenters. The van der Waals surface area contributed by atoms with Crippen molar-refractivity contribution in [2.24, 2.45) is 0 Å². The van der Waals surface area contributed by atoms with E-state index in [-0.39, 0.29) is 18.3 Å². The molecular formula is C12H16FNO3. The van der Waals surface area contributed by atoms with Crippen LogP contribution in [0.1, 0.15) is 30.1 Å². The van der Waals surface area contributed by atoms with E-state index >= 15 is 0 Å². The van der Waals surface area contributed by atoms with Gasteiger partial charge in [-0.05, 0) is 30.5 Å². The van der Waals surface area contributed by atoms with Crippen molar-refractivity contribution in [2.45, 2.75) is 25.9 Å². The van der Waals surface area contributed by atoms with Gasteiger partial charge in [-0.3, -0.25) is 10.0 Å².